The maximum Gasteiger partial charge on any atom is 0.356 e. The number of hydrogen-bond acceptors (Lipinski definition) is 4. The molecule has 82 valence electrons. The SMILES string of the molecule is CCCCCCC(=NO)C(=O)OCC. The normalized spacial score (nSPS) is 11.4. The molecule has 1 N–H and O–H groups in total. The van der Waals surface area contributed by atoms with Crippen LogP contribution in [0.5, 0.6) is 0 Å². The number of unbranched alkanes of at least 4 members (excludes halogenated alkanes) is 3. The van der Waals surface area contributed by atoms with Gasteiger partial charge >= 0.3 is 5.97 Å². The lowest BCUT2D eigenvalue weighted by atomic mass is 10.1. The fourth-order valence-corrected chi connectivity index (χ4v) is 1.13. The summed E-state index contributed by atoms with van der Waals surface area (Å²) in [4.78, 5) is 11.1. The molecule has 0 fully saturated rings. The lowest BCUT2D eigenvalue weighted by Crippen LogP contribution is -2.17. The van der Waals surface area contributed by atoms with Gasteiger partial charge in [0.05, 0.1) is 6.61 Å². The highest BCUT2D eigenvalue weighted by Crippen LogP contribution is 2.04. The second-order valence-electron chi connectivity index (χ2n) is 3.08. The topological polar surface area (TPSA) is 58.9 Å². The Morgan fingerprint density at radius 2 is 2.00 bits per heavy atom. The Kier molecular flexibility index (Phi) is 7.89. The van der Waals surface area contributed by atoms with Crippen LogP contribution in [0.2, 0.25) is 0 Å². The van der Waals surface area contributed by atoms with Crippen molar-refractivity contribution in [3.63, 3.8) is 0 Å². The van der Waals surface area contributed by atoms with Crippen molar-refractivity contribution >= 4 is 11.7 Å². The molecule has 0 aromatic rings. The number of rotatable bonds is 7. The van der Waals surface area contributed by atoms with E-state index < -0.39 is 5.97 Å². The number of nitrogens with zero attached hydrogens (tertiary/aromatic N) is 1. The molecule has 14 heavy (non-hydrogen) atoms. The molecule has 0 aromatic carbocycles. The van der Waals surface area contributed by atoms with Crippen LogP contribution in [-0.2, 0) is 9.53 Å². The highest BCUT2D eigenvalue weighted by Gasteiger charge is 2.12. The van der Waals surface area contributed by atoms with Gasteiger partial charge in [-0.05, 0) is 13.3 Å². The Labute approximate surface area is 84.9 Å². The summed E-state index contributed by atoms with van der Waals surface area (Å²) in [5.41, 5.74) is 0.128. The molecule has 0 saturated carbocycles. The molecule has 0 saturated heterocycles. The maximum absolute atomic E-state index is 11.1. The zero-order valence-electron chi connectivity index (χ0n) is 8.95. The molecule has 4 heteroatoms. The van der Waals surface area contributed by atoms with Crippen LogP contribution in [-0.4, -0.2) is 23.5 Å². The number of carbonyl (C=O) groups excluding carboxylic acids is 1. The van der Waals surface area contributed by atoms with Crippen LogP contribution in [0.25, 0.3) is 0 Å². The average molecular weight is 201 g/mol. The van der Waals surface area contributed by atoms with Crippen LogP contribution >= 0.6 is 0 Å². The van der Waals surface area contributed by atoms with E-state index in [9.17, 15) is 4.79 Å². The van der Waals surface area contributed by atoms with Crippen LogP contribution in [0.3, 0.4) is 0 Å². The Morgan fingerprint density at radius 3 is 2.50 bits per heavy atom. The van der Waals surface area contributed by atoms with Gasteiger partial charge in [-0.2, -0.15) is 0 Å². The fraction of sp³-hybridized carbons (Fsp3) is 0.800. The Bertz CT molecular complexity index is 190. The third kappa shape index (κ3) is 5.56. The van der Waals surface area contributed by atoms with Crippen LogP contribution in [0.15, 0.2) is 5.16 Å². The Balaban J connectivity index is 3.75. The predicted molar refractivity (Wildman–Crippen MR) is 54.6 cm³/mol. The van der Waals surface area contributed by atoms with E-state index in [0.717, 1.165) is 25.7 Å². The smallest absolute Gasteiger partial charge is 0.356 e. The maximum atomic E-state index is 11.1. The van der Waals surface area contributed by atoms with Gasteiger partial charge in [0.25, 0.3) is 0 Å². The summed E-state index contributed by atoms with van der Waals surface area (Å²) in [7, 11) is 0. The average Bonchev–Trinajstić information content (AvgIpc) is 2.18. The van der Waals surface area contributed by atoms with E-state index >= 15 is 0 Å². The number of hydrogen-bond donors (Lipinski definition) is 1. The second-order valence-corrected chi connectivity index (χ2v) is 3.08. The molecule has 0 radical (unpaired) electrons. The van der Waals surface area contributed by atoms with Gasteiger partial charge in [0, 0.05) is 6.42 Å². The summed E-state index contributed by atoms with van der Waals surface area (Å²) in [6.07, 6.45) is 4.70. The van der Waals surface area contributed by atoms with Crippen molar-refractivity contribution in [3.8, 4) is 0 Å². The third-order valence-corrected chi connectivity index (χ3v) is 1.90. The quantitative estimate of drug-likeness (QED) is 0.226. The summed E-state index contributed by atoms with van der Waals surface area (Å²) >= 11 is 0. The van der Waals surface area contributed by atoms with Crippen molar-refractivity contribution in [1.29, 1.82) is 0 Å². The van der Waals surface area contributed by atoms with E-state index in [2.05, 4.69) is 12.1 Å². The second kappa shape index (κ2) is 8.53. The first-order valence-corrected chi connectivity index (χ1v) is 5.14. The lowest BCUT2D eigenvalue weighted by Gasteiger charge is -2.03. The van der Waals surface area contributed by atoms with E-state index in [1.165, 1.54) is 0 Å². The van der Waals surface area contributed by atoms with E-state index in [0.29, 0.717) is 13.0 Å². The minimum absolute atomic E-state index is 0.128. The molecule has 0 unspecified atom stereocenters. The Morgan fingerprint density at radius 1 is 1.29 bits per heavy atom. The summed E-state index contributed by atoms with van der Waals surface area (Å²) in [6, 6.07) is 0. The van der Waals surface area contributed by atoms with Crippen molar-refractivity contribution in [2.75, 3.05) is 6.61 Å². The van der Waals surface area contributed by atoms with Gasteiger partial charge in [0.15, 0.2) is 5.71 Å². The Hall–Kier alpha value is -1.06. The molecule has 0 bridgehead atoms. The van der Waals surface area contributed by atoms with Crippen molar-refractivity contribution in [2.24, 2.45) is 5.16 Å². The van der Waals surface area contributed by atoms with Gasteiger partial charge in [0.1, 0.15) is 0 Å². The molecule has 0 aliphatic rings. The first-order chi connectivity index (χ1) is 6.76. The molecular formula is C10H19NO3. The largest absolute Gasteiger partial charge is 0.461 e. The van der Waals surface area contributed by atoms with Crippen molar-refractivity contribution in [1.82, 2.24) is 0 Å². The summed E-state index contributed by atoms with van der Waals surface area (Å²) in [5.74, 6) is -0.508. The van der Waals surface area contributed by atoms with Crippen LogP contribution in [0.1, 0.15) is 46.0 Å². The van der Waals surface area contributed by atoms with Gasteiger partial charge in [-0.3, -0.25) is 0 Å². The number of oxime groups is 1. The van der Waals surface area contributed by atoms with Crippen LogP contribution in [0.4, 0.5) is 0 Å². The molecule has 0 aliphatic carbocycles. The van der Waals surface area contributed by atoms with Crippen molar-refractivity contribution < 1.29 is 14.7 Å². The third-order valence-electron chi connectivity index (χ3n) is 1.90. The number of esters is 1. The summed E-state index contributed by atoms with van der Waals surface area (Å²) < 4.78 is 4.72. The van der Waals surface area contributed by atoms with Crippen molar-refractivity contribution in [3.05, 3.63) is 0 Å². The van der Waals surface area contributed by atoms with Gasteiger partial charge in [-0.25, -0.2) is 4.79 Å². The highest BCUT2D eigenvalue weighted by atomic mass is 16.5. The van der Waals surface area contributed by atoms with E-state index in [-0.39, 0.29) is 5.71 Å². The predicted octanol–water partition coefficient (Wildman–Crippen LogP) is 2.35. The van der Waals surface area contributed by atoms with E-state index in [1.807, 2.05) is 0 Å². The van der Waals surface area contributed by atoms with E-state index in [1.54, 1.807) is 6.92 Å². The van der Waals surface area contributed by atoms with E-state index in [4.69, 9.17) is 9.94 Å². The zero-order valence-corrected chi connectivity index (χ0v) is 8.95. The minimum atomic E-state index is -0.508. The standard InChI is InChI=1S/C10H19NO3/c1-3-5-6-7-8-9(11-13)10(12)14-4-2/h13H,3-8H2,1-2H3. The lowest BCUT2D eigenvalue weighted by molar-refractivity contribution is -0.135. The molecule has 0 spiro atoms. The molecule has 0 aliphatic heterocycles. The van der Waals surface area contributed by atoms with Crippen molar-refractivity contribution in [2.45, 2.75) is 46.0 Å². The van der Waals surface area contributed by atoms with Gasteiger partial charge < -0.3 is 9.94 Å². The molecular weight excluding hydrogens is 182 g/mol. The molecule has 0 heterocycles. The van der Waals surface area contributed by atoms with Gasteiger partial charge in [0.2, 0.25) is 0 Å². The molecule has 0 aromatic heterocycles. The zero-order chi connectivity index (χ0) is 10.8. The first kappa shape index (κ1) is 12.9. The molecule has 0 amide bonds. The number of ether oxygens (including phenoxy) is 1. The monoisotopic (exact) mass is 201 g/mol. The summed E-state index contributed by atoms with van der Waals surface area (Å²) in [5, 5.41) is 11.5. The molecule has 4 nitrogen and oxygen atoms in total. The molecule has 0 atom stereocenters. The van der Waals surface area contributed by atoms with Crippen LogP contribution < -0.4 is 0 Å². The first-order valence-electron chi connectivity index (χ1n) is 5.14. The van der Waals surface area contributed by atoms with Gasteiger partial charge in [-0.15, -0.1) is 0 Å². The highest BCUT2D eigenvalue weighted by molar-refractivity contribution is 6.36. The summed E-state index contributed by atoms with van der Waals surface area (Å²) in [6.45, 7) is 4.16. The van der Waals surface area contributed by atoms with Crippen LogP contribution in [0, 0.1) is 0 Å². The number of carbonyl (C=O) groups is 1. The molecule has 0 rings (SSSR count). The fourth-order valence-electron chi connectivity index (χ4n) is 1.13. The minimum Gasteiger partial charge on any atom is -0.461 e. The van der Waals surface area contributed by atoms with Gasteiger partial charge in [-0.1, -0.05) is 31.3 Å².